The van der Waals surface area contributed by atoms with Crippen LogP contribution >= 0.6 is 0 Å². The van der Waals surface area contributed by atoms with Crippen molar-refractivity contribution in [2.24, 2.45) is 0 Å². The topological polar surface area (TPSA) is 106 Å². The lowest BCUT2D eigenvalue weighted by Crippen LogP contribution is -2.38. The van der Waals surface area contributed by atoms with Gasteiger partial charge in [0, 0.05) is 29.2 Å². The fraction of sp³-hybridized carbons (Fsp3) is 0.333. The van der Waals surface area contributed by atoms with Gasteiger partial charge in [-0.25, -0.2) is 23.5 Å². The molecule has 0 atom stereocenters. The van der Waals surface area contributed by atoms with E-state index in [0.29, 0.717) is 35.4 Å². The molecule has 2 aliphatic rings. The summed E-state index contributed by atoms with van der Waals surface area (Å²) < 4.78 is 46.6. The van der Waals surface area contributed by atoms with Gasteiger partial charge in [0.05, 0.1) is 55.5 Å². The summed E-state index contributed by atoms with van der Waals surface area (Å²) in [5.41, 5.74) is 1.03. The maximum Gasteiger partial charge on any atom is 0.416 e. The number of anilines is 3. The highest BCUT2D eigenvalue weighted by atomic mass is 19.1. The number of carbonyl (C=O) groups is 2. The second-order valence-corrected chi connectivity index (χ2v) is 13.5. The van der Waals surface area contributed by atoms with E-state index < -0.39 is 28.7 Å². The van der Waals surface area contributed by atoms with Gasteiger partial charge in [-0.1, -0.05) is 26.0 Å². The highest BCUT2D eigenvalue weighted by Crippen LogP contribution is 2.42. The number of methoxy groups -OCH3 is 2. The molecule has 0 bridgehead atoms. The first-order chi connectivity index (χ1) is 22.7. The number of halogens is 2. The maximum absolute atomic E-state index is 15.0. The Balaban J connectivity index is 1.41. The highest BCUT2D eigenvalue weighted by Gasteiger charge is 2.41. The largest absolute Gasteiger partial charge is 0.497 e. The molecule has 250 valence electrons. The van der Waals surface area contributed by atoms with Crippen molar-refractivity contribution in [1.29, 1.82) is 0 Å². The lowest BCUT2D eigenvalue weighted by atomic mass is 9.88. The van der Waals surface area contributed by atoms with E-state index in [-0.39, 0.29) is 41.5 Å². The molecule has 2 aromatic heterocycles. The number of rotatable bonds is 7. The molecule has 0 unspecified atom stereocenters. The number of fused-ring (bicyclic) bond motifs is 2. The second kappa shape index (κ2) is 12.1. The van der Waals surface area contributed by atoms with Gasteiger partial charge in [-0.2, -0.15) is 0 Å². The Hall–Kier alpha value is -5.26. The third kappa shape index (κ3) is 6.10. The Kier molecular flexibility index (Phi) is 8.22. The Morgan fingerprint density at radius 3 is 2.38 bits per heavy atom. The minimum atomic E-state index is -0.788. The molecule has 2 aliphatic heterocycles. The minimum Gasteiger partial charge on any atom is -0.497 e. The fourth-order valence-electron chi connectivity index (χ4n) is 6.06. The number of nitrogens with zero attached hydrogens (tertiary/aromatic N) is 4. The van der Waals surface area contributed by atoms with Crippen LogP contribution in [-0.2, 0) is 23.2 Å². The molecule has 48 heavy (non-hydrogen) atoms. The molecule has 10 nitrogen and oxygen atoms in total. The van der Waals surface area contributed by atoms with Gasteiger partial charge >= 0.3 is 6.09 Å². The molecule has 0 saturated carbocycles. The standard InChI is InChI=1S/C36H37F2N5O5/c1-35(2,3)48-34(45)43-19-36(4,5)22-13-14-29(41-32(22)43)40-26-16-25(30-23(37)9-8-10-24(30)38)39-27-18-42(33(44)31(26)27)17-20-11-12-21(46-6)15-28(20)47-7/h8-16H,17-19H2,1-7H3,(H,39,40,41). The summed E-state index contributed by atoms with van der Waals surface area (Å²) in [6.07, 6.45) is -0.527. The van der Waals surface area contributed by atoms with Gasteiger partial charge in [-0.05, 0) is 57.2 Å². The van der Waals surface area contributed by atoms with Crippen LogP contribution in [0.4, 0.5) is 30.9 Å². The van der Waals surface area contributed by atoms with E-state index in [4.69, 9.17) is 19.2 Å². The van der Waals surface area contributed by atoms with Crippen molar-refractivity contribution in [2.75, 3.05) is 31.0 Å². The van der Waals surface area contributed by atoms with Crippen molar-refractivity contribution < 1.29 is 32.6 Å². The first-order valence-electron chi connectivity index (χ1n) is 15.5. The quantitative estimate of drug-likeness (QED) is 0.220. The van der Waals surface area contributed by atoms with Crippen molar-refractivity contribution in [3.8, 4) is 22.8 Å². The van der Waals surface area contributed by atoms with E-state index in [1.807, 2.05) is 26.0 Å². The van der Waals surface area contributed by atoms with E-state index >= 15 is 8.78 Å². The van der Waals surface area contributed by atoms with Crippen molar-refractivity contribution in [2.45, 2.75) is 58.7 Å². The van der Waals surface area contributed by atoms with Crippen molar-refractivity contribution >= 4 is 29.3 Å². The summed E-state index contributed by atoms with van der Waals surface area (Å²) in [5.74, 6) is -0.0329. The third-order valence-corrected chi connectivity index (χ3v) is 8.30. The SMILES string of the molecule is COc1ccc(CN2Cc3nc(-c4c(F)cccc4F)cc(Nc4ccc5c(n4)N(C(=O)OC(C)(C)C)CC5(C)C)c3C2=O)c(OC)c1. The van der Waals surface area contributed by atoms with Crippen LogP contribution in [0, 0.1) is 11.6 Å². The lowest BCUT2D eigenvalue weighted by Gasteiger charge is -2.25. The normalized spacial score (nSPS) is 14.9. The van der Waals surface area contributed by atoms with Crippen molar-refractivity contribution in [1.82, 2.24) is 14.9 Å². The highest BCUT2D eigenvalue weighted by molar-refractivity contribution is 6.04. The molecular formula is C36H37F2N5O5. The Morgan fingerprint density at radius 2 is 1.71 bits per heavy atom. The smallest absolute Gasteiger partial charge is 0.416 e. The first-order valence-corrected chi connectivity index (χ1v) is 15.5. The molecule has 0 saturated heterocycles. The number of carbonyl (C=O) groups excluding carboxylic acids is 2. The zero-order valence-corrected chi connectivity index (χ0v) is 27.9. The Bertz CT molecular complexity index is 1920. The summed E-state index contributed by atoms with van der Waals surface area (Å²) >= 11 is 0. The van der Waals surface area contributed by atoms with E-state index in [2.05, 4.69) is 10.3 Å². The number of hydrogen-bond donors (Lipinski definition) is 1. The van der Waals surface area contributed by atoms with E-state index in [1.54, 1.807) is 51.0 Å². The summed E-state index contributed by atoms with van der Waals surface area (Å²) in [7, 11) is 3.09. The summed E-state index contributed by atoms with van der Waals surface area (Å²) in [6, 6.07) is 14.0. The average molecular weight is 658 g/mol. The average Bonchev–Trinajstić information content (AvgIpc) is 3.48. The molecular weight excluding hydrogens is 620 g/mol. The number of ether oxygens (including phenoxy) is 3. The van der Waals surface area contributed by atoms with Crippen molar-refractivity contribution in [3.05, 3.63) is 88.6 Å². The maximum atomic E-state index is 15.0. The molecule has 0 fully saturated rings. The molecule has 4 heterocycles. The van der Waals surface area contributed by atoms with Crippen LogP contribution in [0.2, 0.25) is 0 Å². The zero-order valence-electron chi connectivity index (χ0n) is 27.9. The molecule has 0 spiro atoms. The van der Waals surface area contributed by atoms with E-state index in [0.717, 1.165) is 23.3 Å². The second-order valence-electron chi connectivity index (χ2n) is 13.5. The minimum absolute atomic E-state index is 0.0150. The van der Waals surface area contributed by atoms with Gasteiger partial charge in [0.2, 0.25) is 0 Å². The summed E-state index contributed by atoms with van der Waals surface area (Å²) in [6.45, 7) is 10.0. The number of amides is 2. The molecule has 0 radical (unpaired) electrons. The first kappa shape index (κ1) is 32.7. The third-order valence-electron chi connectivity index (χ3n) is 8.30. The van der Waals surface area contributed by atoms with E-state index in [9.17, 15) is 9.59 Å². The van der Waals surface area contributed by atoms with Crippen LogP contribution in [0.5, 0.6) is 11.5 Å². The molecule has 1 N–H and O–H groups in total. The van der Waals surface area contributed by atoms with E-state index in [1.165, 1.54) is 24.1 Å². The number of nitrogens with one attached hydrogen (secondary N) is 1. The zero-order chi connectivity index (χ0) is 34.5. The van der Waals surface area contributed by atoms with Crippen LogP contribution in [-0.4, -0.2) is 53.2 Å². The fourth-order valence-corrected chi connectivity index (χ4v) is 6.06. The molecule has 2 aromatic carbocycles. The van der Waals surface area contributed by atoms with Crippen LogP contribution in [0.3, 0.4) is 0 Å². The van der Waals surface area contributed by atoms with Gasteiger partial charge in [0.25, 0.3) is 5.91 Å². The molecule has 6 rings (SSSR count). The number of hydrogen-bond acceptors (Lipinski definition) is 8. The van der Waals surface area contributed by atoms with Crippen LogP contribution in [0.15, 0.2) is 54.6 Å². The molecule has 12 heteroatoms. The Morgan fingerprint density at radius 1 is 0.979 bits per heavy atom. The monoisotopic (exact) mass is 657 g/mol. The van der Waals surface area contributed by atoms with Crippen molar-refractivity contribution in [3.63, 3.8) is 0 Å². The van der Waals surface area contributed by atoms with Crippen LogP contribution < -0.4 is 19.7 Å². The summed E-state index contributed by atoms with van der Waals surface area (Å²) in [5, 5.41) is 3.21. The van der Waals surface area contributed by atoms with Crippen LogP contribution in [0.25, 0.3) is 11.3 Å². The van der Waals surface area contributed by atoms with Crippen LogP contribution in [0.1, 0.15) is 61.8 Å². The molecule has 4 aromatic rings. The lowest BCUT2D eigenvalue weighted by molar-refractivity contribution is 0.0578. The predicted molar refractivity (Wildman–Crippen MR) is 177 cm³/mol. The number of pyridine rings is 2. The number of aromatic nitrogens is 2. The Labute approximate surface area is 277 Å². The van der Waals surface area contributed by atoms with Gasteiger partial charge in [0.15, 0.2) is 0 Å². The molecule has 0 aliphatic carbocycles. The van der Waals surface area contributed by atoms with Gasteiger partial charge in [0.1, 0.15) is 40.4 Å². The van der Waals surface area contributed by atoms with Gasteiger partial charge < -0.3 is 24.4 Å². The molecule has 2 amide bonds. The summed E-state index contributed by atoms with van der Waals surface area (Å²) in [4.78, 5) is 39.7. The number of benzene rings is 2. The van der Waals surface area contributed by atoms with Gasteiger partial charge in [-0.15, -0.1) is 0 Å². The van der Waals surface area contributed by atoms with Gasteiger partial charge in [-0.3, -0.25) is 9.69 Å². The predicted octanol–water partition coefficient (Wildman–Crippen LogP) is 7.37.